The van der Waals surface area contributed by atoms with Gasteiger partial charge in [0.25, 0.3) is 0 Å². The van der Waals surface area contributed by atoms with E-state index < -0.39 is 0 Å². The maximum Gasteiger partial charge on any atom is 0.165 e. The first-order valence-corrected chi connectivity index (χ1v) is 10.4. The largest absolute Gasteiger partial charge is 0.383 e. The highest BCUT2D eigenvalue weighted by Crippen LogP contribution is 2.31. The van der Waals surface area contributed by atoms with Crippen LogP contribution in [-0.2, 0) is 0 Å². The number of hydrogen-bond donors (Lipinski definition) is 1. The minimum atomic E-state index is 0.558. The maximum absolute atomic E-state index is 6.43. The molecule has 7 heteroatoms. The molecule has 1 saturated heterocycles. The molecule has 1 aliphatic rings. The number of rotatable bonds is 3. The van der Waals surface area contributed by atoms with Crippen LogP contribution in [0.1, 0.15) is 0 Å². The van der Waals surface area contributed by atoms with E-state index in [1.807, 2.05) is 30.5 Å². The van der Waals surface area contributed by atoms with Crippen LogP contribution in [0.5, 0.6) is 0 Å². The third-order valence-electron chi connectivity index (χ3n) is 5.77. The van der Waals surface area contributed by atoms with Crippen molar-refractivity contribution in [3.05, 3.63) is 65.9 Å². The number of benzene rings is 2. The normalized spacial score (nSPS) is 15.1. The number of halogens is 1. The minimum absolute atomic E-state index is 0.558. The van der Waals surface area contributed by atoms with Crippen LogP contribution in [0.2, 0.25) is 5.02 Å². The number of nitrogen functional groups attached to an aromatic ring is 1. The molecule has 0 saturated carbocycles. The number of fused-ring (bicyclic) bond motifs is 1. The van der Waals surface area contributed by atoms with E-state index in [1.54, 1.807) is 10.7 Å². The van der Waals surface area contributed by atoms with Crippen LogP contribution in [0.3, 0.4) is 0 Å². The van der Waals surface area contributed by atoms with E-state index in [0.29, 0.717) is 10.8 Å². The van der Waals surface area contributed by atoms with Gasteiger partial charge in [-0.25, -0.2) is 4.98 Å². The molecule has 2 aromatic carbocycles. The van der Waals surface area contributed by atoms with E-state index in [-0.39, 0.29) is 0 Å². The first-order valence-electron chi connectivity index (χ1n) is 10.0. The molecular formula is C23H23ClN6. The van der Waals surface area contributed by atoms with Gasteiger partial charge in [0, 0.05) is 54.2 Å². The molecule has 30 heavy (non-hydrogen) atoms. The Morgan fingerprint density at radius 1 is 0.833 bits per heavy atom. The Balaban J connectivity index is 1.46. The molecule has 0 amide bonds. The summed E-state index contributed by atoms with van der Waals surface area (Å²) in [5.41, 5.74) is 12.3. The molecule has 0 atom stereocenters. The van der Waals surface area contributed by atoms with Crippen molar-refractivity contribution in [2.24, 2.45) is 0 Å². The van der Waals surface area contributed by atoms with Gasteiger partial charge >= 0.3 is 0 Å². The lowest BCUT2D eigenvalue weighted by Gasteiger charge is -2.34. The van der Waals surface area contributed by atoms with Gasteiger partial charge in [0.2, 0.25) is 0 Å². The van der Waals surface area contributed by atoms with Crippen LogP contribution in [0.25, 0.3) is 27.9 Å². The summed E-state index contributed by atoms with van der Waals surface area (Å²) in [6, 6.07) is 16.2. The van der Waals surface area contributed by atoms with Crippen molar-refractivity contribution in [1.82, 2.24) is 19.5 Å². The van der Waals surface area contributed by atoms with Crippen molar-refractivity contribution in [2.45, 2.75) is 0 Å². The molecule has 5 rings (SSSR count). The average molecular weight is 419 g/mol. The Morgan fingerprint density at radius 3 is 2.17 bits per heavy atom. The molecule has 1 fully saturated rings. The molecule has 0 bridgehead atoms. The molecular weight excluding hydrogens is 396 g/mol. The number of aromatic nitrogens is 3. The smallest absolute Gasteiger partial charge is 0.165 e. The molecule has 3 heterocycles. The number of anilines is 2. The predicted molar refractivity (Wildman–Crippen MR) is 123 cm³/mol. The maximum atomic E-state index is 6.43. The van der Waals surface area contributed by atoms with Gasteiger partial charge in [-0.15, -0.1) is 0 Å². The van der Waals surface area contributed by atoms with Gasteiger partial charge in [0.1, 0.15) is 5.82 Å². The number of piperazine rings is 1. The molecule has 2 aromatic heterocycles. The van der Waals surface area contributed by atoms with Crippen LogP contribution in [0, 0.1) is 0 Å². The topological polar surface area (TPSA) is 62.7 Å². The summed E-state index contributed by atoms with van der Waals surface area (Å²) in [6.07, 6.45) is 3.63. The SMILES string of the molecule is CN1CCN(c2ccc(-c3cnn4c(N)c(-c5ccc(Cl)cc5)cnc34)cc2)CC1. The second-order valence-corrected chi connectivity index (χ2v) is 8.13. The van der Waals surface area contributed by atoms with Gasteiger partial charge in [0.05, 0.1) is 6.20 Å². The fourth-order valence-corrected chi connectivity index (χ4v) is 4.05. The monoisotopic (exact) mass is 418 g/mol. The lowest BCUT2D eigenvalue weighted by molar-refractivity contribution is 0.313. The van der Waals surface area contributed by atoms with Crippen molar-refractivity contribution in [1.29, 1.82) is 0 Å². The zero-order valence-corrected chi connectivity index (χ0v) is 17.5. The summed E-state index contributed by atoms with van der Waals surface area (Å²) < 4.78 is 1.70. The van der Waals surface area contributed by atoms with E-state index in [0.717, 1.165) is 54.1 Å². The first-order chi connectivity index (χ1) is 14.6. The second kappa shape index (κ2) is 7.63. The van der Waals surface area contributed by atoms with Crippen molar-refractivity contribution < 1.29 is 0 Å². The van der Waals surface area contributed by atoms with E-state index in [4.69, 9.17) is 17.3 Å². The number of likely N-dealkylation sites (N-methyl/N-ethyl adjacent to an activating group) is 1. The minimum Gasteiger partial charge on any atom is -0.383 e. The van der Waals surface area contributed by atoms with E-state index >= 15 is 0 Å². The Hall–Kier alpha value is -3.09. The molecule has 152 valence electrons. The summed E-state index contributed by atoms with van der Waals surface area (Å²) >= 11 is 6.00. The average Bonchev–Trinajstić information content (AvgIpc) is 3.21. The van der Waals surface area contributed by atoms with Gasteiger partial charge in [-0.3, -0.25) is 0 Å². The first kappa shape index (κ1) is 18.9. The quantitative estimate of drug-likeness (QED) is 0.543. The van der Waals surface area contributed by atoms with Crippen molar-refractivity contribution in [3.8, 4) is 22.3 Å². The van der Waals surface area contributed by atoms with Crippen LogP contribution in [-0.4, -0.2) is 52.7 Å². The Kier molecular flexibility index (Phi) is 4.81. The molecule has 0 spiro atoms. The van der Waals surface area contributed by atoms with Crippen LogP contribution in [0.15, 0.2) is 60.9 Å². The Morgan fingerprint density at radius 2 is 1.47 bits per heavy atom. The van der Waals surface area contributed by atoms with Crippen LogP contribution in [0.4, 0.5) is 11.5 Å². The van der Waals surface area contributed by atoms with E-state index in [1.165, 1.54) is 5.69 Å². The highest BCUT2D eigenvalue weighted by atomic mass is 35.5. The third kappa shape index (κ3) is 3.38. The summed E-state index contributed by atoms with van der Waals surface area (Å²) in [5, 5.41) is 5.19. The molecule has 2 N–H and O–H groups in total. The standard InChI is InChI=1S/C23H23ClN6/c1-28-10-12-29(13-11-28)19-8-4-17(5-9-19)21-15-27-30-22(25)20(14-26-23(21)30)16-2-6-18(24)7-3-16/h2-9,14-15H,10-13,25H2,1H3. The molecule has 6 nitrogen and oxygen atoms in total. The van der Waals surface area contributed by atoms with Gasteiger partial charge in [0.15, 0.2) is 5.65 Å². The molecule has 0 aliphatic carbocycles. The van der Waals surface area contributed by atoms with E-state index in [2.05, 4.69) is 51.2 Å². The fraction of sp³-hybridized carbons (Fsp3) is 0.217. The molecule has 0 radical (unpaired) electrons. The van der Waals surface area contributed by atoms with Crippen LogP contribution >= 0.6 is 11.6 Å². The van der Waals surface area contributed by atoms with Crippen molar-refractivity contribution in [3.63, 3.8) is 0 Å². The Bertz CT molecular complexity index is 1180. The lowest BCUT2D eigenvalue weighted by atomic mass is 10.1. The summed E-state index contributed by atoms with van der Waals surface area (Å²) in [4.78, 5) is 9.45. The molecule has 4 aromatic rings. The lowest BCUT2D eigenvalue weighted by Crippen LogP contribution is -2.44. The number of nitrogens with zero attached hydrogens (tertiary/aromatic N) is 5. The second-order valence-electron chi connectivity index (χ2n) is 7.69. The highest BCUT2D eigenvalue weighted by Gasteiger charge is 2.16. The molecule has 0 unspecified atom stereocenters. The van der Waals surface area contributed by atoms with Crippen LogP contribution < -0.4 is 10.6 Å². The van der Waals surface area contributed by atoms with Gasteiger partial charge in [-0.05, 0) is 42.4 Å². The van der Waals surface area contributed by atoms with E-state index in [9.17, 15) is 0 Å². The van der Waals surface area contributed by atoms with Gasteiger partial charge < -0.3 is 15.5 Å². The molecule has 1 aliphatic heterocycles. The highest BCUT2D eigenvalue weighted by molar-refractivity contribution is 6.30. The van der Waals surface area contributed by atoms with Gasteiger partial charge in [-0.1, -0.05) is 35.9 Å². The predicted octanol–water partition coefficient (Wildman–Crippen LogP) is 4.05. The number of nitrogens with two attached hydrogens (primary N) is 1. The Labute approximate surface area is 180 Å². The van der Waals surface area contributed by atoms with Crippen molar-refractivity contribution >= 4 is 28.8 Å². The summed E-state index contributed by atoms with van der Waals surface area (Å²) in [5.74, 6) is 0.558. The number of hydrogen-bond acceptors (Lipinski definition) is 5. The fourth-order valence-electron chi connectivity index (χ4n) is 3.92. The zero-order chi connectivity index (χ0) is 20.7. The summed E-state index contributed by atoms with van der Waals surface area (Å²) in [6.45, 7) is 4.29. The third-order valence-corrected chi connectivity index (χ3v) is 6.02. The van der Waals surface area contributed by atoms with Gasteiger partial charge in [-0.2, -0.15) is 9.61 Å². The van der Waals surface area contributed by atoms with Crippen molar-refractivity contribution in [2.75, 3.05) is 43.9 Å². The summed E-state index contributed by atoms with van der Waals surface area (Å²) in [7, 11) is 2.17. The zero-order valence-electron chi connectivity index (χ0n) is 16.8.